The van der Waals surface area contributed by atoms with Crippen LogP contribution in [0, 0.1) is 6.92 Å². The molecule has 3 N–H and O–H groups in total. The second-order valence-electron chi connectivity index (χ2n) is 6.61. The number of aryl methyl sites for hydroxylation is 1. The first-order valence-corrected chi connectivity index (χ1v) is 8.30. The van der Waals surface area contributed by atoms with Gasteiger partial charge in [0.05, 0.1) is 6.54 Å². The monoisotopic (exact) mass is 324 g/mol. The molecule has 128 valence electrons. The molecule has 0 aliphatic carbocycles. The van der Waals surface area contributed by atoms with Crippen molar-refractivity contribution in [2.24, 2.45) is 10.7 Å². The van der Waals surface area contributed by atoms with E-state index in [2.05, 4.69) is 66.3 Å². The molecule has 0 saturated carbocycles. The molecule has 0 aliphatic heterocycles. The van der Waals surface area contributed by atoms with Gasteiger partial charge < -0.3 is 16.0 Å². The lowest BCUT2D eigenvalue weighted by atomic mass is 10.0. The van der Waals surface area contributed by atoms with E-state index in [0.29, 0.717) is 18.4 Å². The van der Waals surface area contributed by atoms with Crippen molar-refractivity contribution in [3.8, 4) is 0 Å². The first-order valence-electron chi connectivity index (χ1n) is 8.30. The van der Waals surface area contributed by atoms with E-state index in [1.165, 1.54) is 22.4 Å². The van der Waals surface area contributed by atoms with Crippen molar-refractivity contribution in [2.45, 2.75) is 33.2 Å². The molecular weight excluding hydrogens is 296 g/mol. The van der Waals surface area contributed by atoms with Gasteiger partial charge in [-0.25, -0.2) is 4.99 Å². The molecule has 2 aromatic carbocycles. The van der Waals surface area contributed by atoms with Gasteiger partial charge in [-0.1, -0.05) is 32.0 Å². The Bertz CT molecular complexity index is 717. The molecule has 4 heteroatoms. The summed E-state index contributed by atoms with van der Waals surface area (Å²) in [4.78, 5) is 6.56. The van der Waals surface area contributed by atoms with E-state index in [1.54, 1.807) is 0 Å². The van der Waals surface area contributed by atoms with Crippen LogP contribution in [0.3, 0.4) is 0 Å². The van der Waals surface area contributed by atoms with Gasteiger partial charge in [0.2, 0.25) is 0 Å². The molecule has 0 radical (unpaired) electrons. The zero-order valence-electron chi connectivity index (χ0n) is 15.3. The predicted molar refractivity (Wildman–Crippen MR) is 105 cm³/mol. The van der Waals surface area contributed by atoms with E-state index in [9.17, 15) is 0 Å². The van der Waals surface area contributed by atoms with E-state index in [-0.39, 0.29) is 0 Å². The number of rotatable bonds is 5. The molecule has 0 spiro atoms. The number of anilines is 2. The summed E-state index contributed by atoms with van der Waals surface area (Å²) in [6.07, 6.45) is 0. The van der Waals surface area contributed by atoms with Crippen molar-refractivity contribution in [2.75, 3.05) is 24.3 Å². The molecule has 0 unspecified atom stereocenters. The smallest absolute Gasteiger partial charge is 0.193 e. The highest BCUT2D eigenvalue weighted by Crippen LogP contribution is 2.19. The highest BCUT2D eigenvalue weighted by atomic mass is 15.1. The van der Waals surface area contributed by atoms with E-state index >= 15 is 0 Å². The quantitative estimate of drug-likeness (QED) is 0.643. The topological polar surface area (TPSA) is 53.6 Å². The van der Waals surface area contributed by atoms with Crippen molar-refractivity contribution < 1.29 is 0 Å². The number of nitrogens with zero attached hydrogens (tertiary/aromatic N) is 2. The van der Waals surface area contributed by atoms with Gasteiger partial charge in [-0.2, -0.15) is 0 Å². The summed E-state index contributed by atoms with van der Waals surface area (Å²) < 4.78 is 0. The molecule has 0 atom stereocenters. The summed E-state index contributed by atoms with van der Waals surface area (Å²) in [6.45, 7) is 7.03. The van der Waals surface area contributed by atoms with Crippen molar-refractivity contribution in [3.63, 3.8) is 0 Å². The molecule has 0 aromatic heterocycles. The number of aliphatic imine (C=N–C) groups is 1. The molecule has 24 heavy (non-hydrogen) atoms. The van der Waals surface area contributed by atoms with Crippen LogP contribution in [-0.4, -0.2) is 20.1 Å². The molecule has 0 amide bonds. The standard InChI is InChI=1S/C20H28N4/c1-14(2)16-7-6-8-18(12-16)23-20(21)22-13-17-9-10-19(24(4)5)11-15(17)3/h6-12,14H,13H2,1-5H3,(H3,21,22,23). The van der Waals surface area contributed by atoms with E-state index in [0.717, 1.165) is 5.69 Å². The highest BCUT2D eigenvalue weighted by Gasteiger charge is 2.03. The van der Waals surface area contributed by atoms with Crippen LogP contribution in [0.1, 0.15) is 36.5 Å². The first kappa shape index (κ1) is 17.9. The lowest BCUT2D eigenvalue weighted by molar-refractivity contribution is 0.867. The summed E-state index contributed by atoms with van der Waals surface area (Å²) in [7, 11) is 4.08. The van der Waals surface area contributed by atoms with Gasteiger partial charge >= 0.3 is 0 Å². The Labute approximate surface area is 145 Å². The number of nitrogens with two attached hydrogens (primary N) is 1. The Hall–Kier alpha value is -2.49. The summed E-state index contributed by atoms with van der Waals surface area (Å²) >= 11 is 0. The molecule has 0 aliphatic rings. The zero-order chi connectivity index (χ0) is 17.7. The molecule has 2 rings (SSSR count). The lowest BCUT2D eigenvalue weighted by Crippen LogP contribution is -2.22. The second-order valence-corrected chi connectivity index (χ2v) is 6.61. The van der Waals surface area contributed by atoms with Crippen LogP contribution < -0.4 is 16.0 Å². The zero-order valence-corrected chi connectivity index (χ0v) is 15.3. The minimum absolute atomic E-state index is 0.437. The molecule has 0 heterocycles. The van der Waals surface area contributed by atoms with Crippen LogP contribution in [-0.2, 0) is 6.54 Å². The maximum absolute atomic E-state index is 6.04. The Morgan fingerprint density at radius 3 is 2.54 bits per heavy atom. The van der Waals surface area contributed by atoms with Crippen molar-refractivity contribution in [1.29, 1.82) is 0 Å². The third kappa shape index (κ3) is 4.75. The van der Waals surface area contributed by atoms with Crippen LogP contribution >= 0.6 is 0 Å². The van der Waals surface area contributed by atoms with Crippen molar-refractivity contribution in [3.05, 3.63) is 59.2 Å². The fraction of sp³-hybridized carbons (Fsp3) is 0.350. The van der Waals surface area contributed by atoms with E-state index < -0.39 is 0 Å². The lowest BCUT2D eigenvalue weighted by Gasteiger charge is -2.14. The Kier molecular flexibility index (Phi) is 5.85. The number of hydrogen-bond acceptors (Lipinski definition) is 2. The number of guanidine groups is 1. The van der Waals surface area contributed by atoms with Crippen LogP contribution in [0.15, 0.2) is 47.5 Å². The summed E-state index contributed by atoms with van der Waals surface area (Å²) in [5, 5.41) is 3.18. The fourth-order valence-electron chi connectivity index (χ4n) is 2.47. The average Bonchev–Trinajstić information content (AvgIpc) is 2.53. The van der Waals surface area contributed by atoms with Gasteiger partial charge in [0.1, 0.15) is 0 Å². The van der Waals surface area contributed by atoms with Gasteiger partial charge in [-0.3, -0.25) is 0 Å². The Balaban J connectivity index is 2.05. The average molecular weight is 324 g/mol. The van der Waals surface area contributed by atoms with Crippen LogP contribution in [0.5, 0.6) is 0 Å². The third-order valence-corrected chi connectivity index (χ3v) is 4.09. The van der Waals surface area contributed by atoms with Crippen molar-refractivity contribution >= 4 is 17.3 Å². The number of benzene rings is 2. The van der Waals surface area contributed by atoms with Gasteiger partial charge in [0, 0.05) is 25.5 Å². The fourth-order valence-corrected chi connectivity index (χ4v) is 2.47. The Morgan fingerprint density at radius 1 is 1.17 bits per heavy atom. The second kappa shape index (κ2) is 7.86. The van der Waals surface area contributed by atoms with Gasteiger partial charge in [0.15, 0.2) is 5.96 Å². The molecule has 0 bridgehead atoms. The van der Waals surface area contributed by atoms with Crippen molar-refractivity contribution in [1.82, 2.24) is 0 Å². The summed E-state index contributed by atoms with van der Waals surface area (Å²) in [5.74, 6) is 0.926. The first-order chi connectivity index (χ1) is 11.4. The van der Waals surface area contributed by atoms with Gasteiger partial charge in [-0.05, 0) is 53.8 Å². The molecular formula is C20H28N4. The summed E-state index contributed by atoms with van der Waals surface area (Å²) in [6, 6.07) is 14.7. The van der Waals surface area contributed by atoms with E-state index in [4.69, 9.17) is 5.73 Å². The van der Waals surface area contributed by atoms with Crippen LogP contribution in [0.2, 0.25) is 0 Å². The molecule has 0 saturated heterocycles. The third-order valence-electron chi connectivity index (χ3n) is 4.09. The molecule has 2 aromatic rings. The van der Waals surface area contributed by atoms with Gasteiger partial charge in [-0.15, -0.1) is 0 Å². The molecule has 4 nitrogen and oxygen atoms in total. The minimum atomic E-state index is 0.437. The van der Waals surface area contributed by atoms with E-state index in [1.807, 2.05) is 26.2 Å². The van der Waals surface area contributed by atoms with Crippen LogP contribution in [0.25, 0.3) is 0 Å². The maximum Gasteiger partial charge on any atom is 0.193 e. The largest absolute Gasteiger partial charge is 0.378 e. The highest BCUT2D eigenvalue weighted by molar-refractivity contribution is 5.92. The maximum atomic E-state index is 6.04. The normalized spacial score (nSPS) is 11.7. The van der Waals surface area contributed by atoms with Crippen LogP contribution in [0.4, 0.5) is 11.4 Å². The predicted octanol–water partition coefficient (Wildman–Crippen LogP) is 4.11. The minimum Gasteiger partial charge on any atom is -0.378 e. The number of hydrogen-bond donors (Lipinski definition) is 2. The molecule has 0 fully saturated rings. The van der Waals surface area contributed by atoms with Gasteiger partial charge in [0.25, 0.3) is 0 Å². The Morgan fingerprint density at radius 2 is 1.92 bits per heavy atom. The summed E-state index contributed by atoms with van der Waals surface area (Å²) in [5.41, 5.74) is 11.9. The SMILES string of the molecule is Cc1cc(N(C)C)ccc1CN=C(N)Nc1cccc(C(C)C)c1. The number of nitrogens with one attached hydrogen (secondary N) is 1.